The molecule has 1 atom stereocenters. The third-order valence-electron chi connectivity index (χ3n) is 4.22. The summed E-state index contributed by atoms with van der Waals surface area (Å²) in [5.41, 5.74) is 1.32. The summed E-state index contributed by atoms with van der Waals surface area (Å²) in [5, 5.41) is 7.05. The Hall–Kier alpha value is -0.580. The molecular weight excluding hydrogens is 304 g/mol. The second-order valence-electron chi connectivity index (χ2n) is 5.53. The Balaban J connectivity index is 1.94. The normalized spacial score (nSPS) is 24.8. The molecule has 1 spiro atoms. The highest BCUT2D eigenvalue weighted by Gasteiger charge is 2.41. The van der Waals surface area contributed by atoms with Gasteiger partial charge in [0.05, 0.1) is 0 Å². The number of benzene rings is 1. The molecule has 2 aliphatic heterocycles. The largest absolute Gasteiger partial charge is 0.487 e. The minimum absolute atomic E-state index is 0.0267. The third kappa shape index (κ3) is 2.67. The summed E-state index contributed by atoms with van der Waals surface area (Å²) >= 11 is 3.56. The van der Waals surface area contributed by atoms with Crippen LogP contribution in [-0.4, -0.2) is 25.2 Å². The molecule has 0 radical (unpaired) electrons. The molecule has 0 amide bonds. The fraction of sp³-hybridized carbons (Fsp3) is 0.600. The van der Waals surface area contributed by atoms with Gasteiger partial charge in [0, 0.05) is 22.5 Å². The van der Waals surface area contributed by atoms with Gasteiger partial charge in [-0.2, -0.15) is 0 Å². The first-order valence-electron chi connectivity index (χ1n) is 7.15. The molecule has 2 N–H and O–H groups in total. The Labute approximate surface area is 123 Å². The van der Waals surface area contributed by atoms with E-state index in [2.05, 4.69) is 51.7 Å². The van der Waals surface area contributed by atoms with Crippen molar-refractivity contribution in [1.29, 1.82) is 0 Å². The van der Waals surface area contributed by atoms with E-state index in [1.54, 1.807) is 0 Å². The minimum Gasteiger partial charge on any atom is -0.487 e. The lowest BCUT2D eigenvalue weighted by atomic mass is 9.81. The predicted molar refractivity (Wildman–Crippen MR) is 80.6 cm³/mol. The molecule has 104 valence electrons. The maximum atomic E-state index is 6.39. The van der Waals surface area contributed by atoms with E-state index >= 15 is 0 Å². The molecule has 0 aromatic heterocycles. The van der Waals surface area contributed by atoms with Gasteiger partial charge in [0.1, 0.15) is 11.4 Å². The maximum Gasteiger partial charge on any atom is 0.125 e. The Kier molecular flexibility index (Phi) is 3.83. The van der Waals surface area contributed by atoms with Gasteiger partial charge < -0.3 is 15.4 Å². The molecule has 2 heterocycles. The van der Waals surface area contributed by atoms with Gasteiger partial charge in [-0.15, -0.1) is 0 Å². The van der Waals surface area contributed by atoms with E-state index in [1.165, 1.54) is 5.56 Å². The Morgan fingerprint density at radius 1 is 1.42 bits per heavy atom. The van der Waals surface area contributed by atoms with Gasteiger partial charge >= 0.3 is 0 Å². The molecule has 4 heteroatoms. The van der Waals surface area contributed by atoms with Crippen molar-refractivity contribution in [1.82, 2.24) is 10.6 Å². The summed E-state index contributed by atoms with van der Waals surface area (Å²) in [4.78, 5) is 0. The van der Waals surface area contributed by atoms with E-state index < -0.39 is 0 Å². The summed E-state index contributed by atoms with van der Waals surface area (Å²) in [6.45, 7) is 5.28. The monoisotopic (exact) mass is 324 g/mol. The number of piperidine rings is 1. The number of hydrogen-bond donors (Lipinski definition) is 2. The minimum atomic E-state index is 0.0267. The highest BCUT2D eigenvalue weighted by Crippen LogP contribution is 2.44. The van der Waals surface area contributed by atoms with Gasteiger partial charge in [-0.05, 0) is 50.7 Å². The molecular formula is C15H21BrN2O. The lowest BCUT2D eigenvalue weighted by molar-refractivity contribution is 0.00337. The molecule has 19 heavy (non-hydrogen) atoms. The lowest BCUT2D eigenvalue weighted by Crippen LogP contribution is -2.50. The van der Waals surface area contributed by atoms with Crippen molar-refractivity contribution in [3.05, 3.63) is 28.2 Å². The van der Waals surface area contributed by atoms with E-state index in [9.17, 15) is 0 Å². The summed E-state index contributed by atoms with van der Waals surface area (Å²) in [6.07, 6.45) is 3.28. The third-order valence-corrected chi connectivity index (χ3v) is 4.71. The summed E-state index contributed by atoms with van der Waals surface area (Å²) in [5.74, 6) is 1.06. The van der Waals surface area contributed by atoms with Crippen LogP contribution in [0.3, 0.4) is 0 Å². The van der Waals surface area contributed by atoms with Crippen LogP contribution in [-0.2, 0) is 0 Å². The first kappa shape index (κ1) is 13.4. The predicted octanol–water partition coefficient (Wildman–Crippen LogP) is 3.00. The Bertz CT molecular complexity index is 457. The molecule has 0 saturated carbocycles. The van der Waals surface area contributed by atoms with E-state index in [4.69, 9.17) is 4.74 Å². The lowest BCUT2D eigenvalue weighted by Gasteiger charge is -2.45. The highest BCUT2D eigenvalue weighted by atomic mass is 79.9. The van der Waals surface area contributed by atoms with E-state index in [0.29, 0.717) is 6.04 Å². The molecule has 0 bridgehead atoms. The van der Waals surface area contributed by atoms with Crippen LogP contribution in [0.2, 0.25) is 0 Å². The van der Waals surface area contributed by atoms with Crippen LogP contribution < -0.4 is 15.4 Å². The summed E-state index contributed by atoms with van der Waals surface area (Å²) in [7, 11) is 0. The van der Waals surface area contributed by atoms with E-state index in [-0.39, 0.29) is 5.60 Å². The van der Waals surface area contributed by atoms with Crippen LogP contribution in [0.4, 0.5) is 0 Å². The van der Waals surface area contributed by atoms with E-state index in [1.807, 2.05) is 0 Å². The first-order valence-corrected chi connectivity index (χ1v) is 7.94. The zero-order valence-corrected chi connectivity index (χ0v) is 12.9. The van der Waals surface area contributed by atoms with Crippen molar-refractivity contribution in [3.63, 3.8) is 0 Å². The zero-order chi connectivity index (χ0) is 13.3. The van der Waals surface area contributed by atoms with Crippen molar-refractivity contribution in [2.75, 3.05) is 19.6 Å². The molecule has 1 aromatic carbocycles. The molecule has 2 aliphatic rings. The number of nitrogens with one attached hydrogen (secondary N) is 2. The molecule has 1 fully saturated rings. The van der Waals surface area contributed by atoms with Crippen molar-refractivity contribution in [2.24, 2.45) is 0 Å². The number of halogens is 1. The van der Waals surface area contributed by atoms with Crippen LogP contribution in [0.25, 0.3) is 0 Å². The fourth-order valence-corrected chi connectivity index (χ4v) is 3.64. The zero-order valence-electron chi connectivity index (χ0n) is 11.3. The quantitative estimate of drug-likeness (QED) is 0.877. The molecule has 3 rings (SSSR count). The van der Waals surface area contributed by atoms with Crippen molar-refractivity contribution in [2.45, 2.75) is 37.8 Å². The number of hydrogen-bond acceptors (Lipinski definition) is 3. The summed E-state index contributed by atoms with van der Waals surface area (Å²) in [6, 6.07) is 6.77. The molecule has 0 aliphatic carbocycles. The van der Waals surface area contributed by atoms with Crippen LogP contribution in [0, 0.1) is 0 Å². The van der Waals surface area contributed by atoms with E-state index in [0.717, 1.165) is 49.1 Å². The molecule has 1 unspecified atom stereocenters. The number of rotatable bonds is 2. The van der Waals surface area contributed by atoms with Crippen LogP contribution in [0.1, 0.15) is 37.8 Å². The van der Waals surface area contributed by atoms with Crippen molar-refractivity contribution in [3.8, 4) is 5.75 Å². The first-order chi connectivity index (χ1) is 9.22. The number of fused-ring (bicyclic) bond motifs is 1. The summed E-state index contributed by atoms with van der Waals surface area (Å²) < 4.78 is 7.52. The Morgan fingerprint density at radius 2 is 2.21 bits per heavy atom. The van der Waals surface area contributed by atoms with Crippen molar-refractivity contribution < 1.29 is 4.74 Å². The second kappa shape index (κ2) is 5.43. The standard InChI is InChI=1S/C15H21BrN2O/c1-2-18-13-10-15(5-7-17-8-6-15)19-14-4-3-11(16)9-12(13)14/h3-4,9,13,17-18H,2,5-8,10H2,1H3. The average Bonchev–Trinajstić information content (AvgIpc) is 2.41. The molecule has 1 saturated heterocycles. The molecule has 1 aromatic rings. The number of ether oxygens (including phenoxy) is 1. The van der Waals surface area contributed by atoms with Gasteiger partial charge in [0.15, 0.2) is 0 Å². The fourth-order valence-electron chi connectivity index (χ4n) is 3.26. The van der Waals surface area contributed by atoms with Gasteiger partial charge in [-0.3, -0.25) is 0 Å². The van der Waals surface area contributed by atoms with Crippen LogP contribution >= 0.6 is 15.9 Å². The SMILES string of the molecule is CCNC1CC2(CCNCC2)Oc2ccc(Br)cc21. The average molecular weight is 325 g/mol. The van der Waals surface area contributed by atoms with Gasteiger partial charge in [-0.1, -0.05) is 22.9 Å². The van der Waals surface area contributed by atoms with Gasteiger partial charge in [0.25, 0.3) is 0 Å². The second-order valence-corrected chi connectivity index (χ2v) is 6.45. The van der Waals surface area contributed by atoms with Gasteiger partial charge in [0.2, 0.25) is 0 Å². The topological polar surface area (TPSA) is 33.3 Å². The van der Waals surface area contributed by atoms with Crippen LogP contribution in [0.15, 0.2) is 22.7 Å². The molecule has 3 nitrogen and oxygen atoms in total. The Morgan fingerprint density at radius 3 is 2.95 bits per heavy atom. The maximum absolute atomic E-state index is 6.39. The van der Waals surface area contributed by atoms with Crippen molar-refractivity contribution >= 4 is 15.9 Å². The van der Waals surface area contributed by atoms with Crippen LogP contribution in [0.5, 0.6) is 5.75 Å². The smallest absolute Gasteiger partial charge is 0.125 e. The highest BCUT2D eigenvalue weighted by molar-refractivity contribution is 9.10. The van der Waals surface area contributed by atoms with Gasteiger partial charge in [-0.25, -0.2) is 0 Å².